The number of nitrogens with zero attached hydrogens (tertiary/aromatic N) is 6. The van der Waals surface area contributed by atoms with E-state index in [1.165, 1.54) is 4.68 Å². The molecule has 23 heavy (non-hydrogen) atoms. The Hall–Kier alpha value is -3.35. The Morgan fingerprint density at radius 1 is 0.957 bits per heavy atom. The van der Waals surface area contributed by atoms with Crippen LogP contribution >= 0.6 is 0 Å². The second-order valence-corrected chi connectivity index (χ2v) is 5.04. The fourth-order valence-electron chi connectivity index (χ4n) is 2.45. The highest BCUT2D eigenvalue weighted by Crippen LogP contribution is 2.09. The summed E-state index contributed by atoms with van der Waals surface area (Å²) < 4.78 is 2.97. The highest BCUT2D eigenvalue weighted by Gasteiger charge is 2.11. The first kappa shape index (κ1) is 13.3. The first-order chi connectivity index (χ1) is 11.3. The molecule has 0 amide bonds. The summed E-state index contributed by atoms with van der Waals surface area (Å²) in [5.41, 5.74) is 0.673. The third-order valence-corrected chi connectivity index (χ3v) is 3.59. The van der Waals surface area contributed by atoms with Crippen LogP contribution in [0.1, 0.15) is 5.82 Å². The summed E-state index contributed by atoms with van der Waals surface area (Å²) in [7, 11) is 0. The van der Waals surface area contributed by atoms with E-state index in [0.29, 0.717) is 11.2 Å². The van der Waals surface area contributed by atoms with Gasteiger partial charge in [0.15, 0.2) is 5.82 Å². The Kier molecular flexibility index (Phi) is 3.16. The lowest BCUT2D eigenvalue weighted by atomic mass is 10.2. The Morgan fingerprint density at radius 2 is 1.74 bits per heavy atom. The van der Waals surface area contributed by atoms with Gasteiger partial charge >= 0.3 is 0 Å². The van der Waals surface area contributed by atoms with Crippen LogP contribution in [0.2, 0.25) is 0 Å². The average molecular weight is 304 g/mol. The molecule has 0 aliphatic rings. The molecule has 2 aromatic heterocycles. The lowest BCUT2D eigenvalue weighted by molar-refractivity contribution is 0.605. The Balaban J connectivity index is 1.77. The zero-order valence-corrected chi connectivity index (χ0v) is 12.1. The molecule has 0 saturated heterocycles. The van der Waals surface area contributed by atoms with E-state index >= 15 is 0 Å². The topological polar surface area (TPSA) is 78.5 Å². The minimum absolute atomic E-state index is 0.161. The molecular formula is C16H12N6O. The van der Waals surface area contributed by atoms with Gasteiger partial charge in [-0.05, 0) is 28.6 Å². The maximum Gasteiger partial charge on any atom is 0.275 e. The Morgan fingerprint density at radius 3 is 2.61 bits per heavy atom. The zero-order valence-electron chi connectivity index (χ0n) is 12.1. The Bertz CT molecular complexity index is 1020. The van der Waals surface area contributed by atoms with Crippen molar-refractivity contribution in [2.75, 3.05) is 0 Å². The van der Waals surface area contributed by atoms with E-state index in [-0.39, 0.29) is 12.1 Å². The zero-order chi connectivity index (χ0) is 15.6. The quantitative estimate of drug-likeness (QED) is 0.572. The summed E-state index contributed by atoms with van der Waals surface area (Å²) in [6.45, 7) is 0.200. The summed E-state index contributed by atoms with van der Waals surface area (Å²) >= 11 is 0. The first-order valence-electron chi connectivity index (χ1n) is 7.10. The van der Waals surface area contributed by atoms with Gasteiger partial charge in [0.2, 0.25) is 0 Å². The Labute approximate surface area is 130 Å². The highest BCUT2D eigenvalue weighted by atomic mass is 16.1. The molecule has 0 radical (unpaired) electrons. The SMILES string of the molecule is O=c1c2ccccc2cnn1Cc1nnnn1-c1ccccc1. The van der Waals surface area contributed by atoms with Crippen molar-refractivity contribution in [1.82, 2.24) is 30.0 Å². The number of hydrogen-bond donors (Lipinski definition) is 0. The molecule has 2 heterocycles. The molecule has 0 fully saturated rings. The van der Waals surface area contributed by atoms with E-state index in [2.05, 4.69) is 20.6 Å². The molecule has 0 bridgehead atoms. The predicted octanol–water partition coefficient (Wildman–Crippen LogP) is 1.42. The van der Waals surface area contributed by atoms with Gasteiger partial charge in [-0.15, -0.1) is 5.10 Å². The van der Waals surface area contributed by atoms with Crippen LogP contribution in [0.3, 0.4) is 0 Å². The standard InChI is InChI=1S/C16H12N6O/c23-16-14-9-5-4-6-12(14)10-17-21(16)11-15-18-19-20-22(15)13-7-2-1-3-8-13/h1-10H,11H2. The van der Waals surface area contributed by atoms with Gasteiger partial charge in [-0.3, -0.25) is 4.79 Å². The first-order valence-corrected chi connectivity index (χ1v) is 7.10. The summed E-state index contributed by atoms with van der Waals surface area (Å²) in [5.74, 6) is 0.543. The molecule has 0 aliphatic carbocycles. The monoisotopic (exact) mass is 304 g/mol. The van der Waals surface area contributed by atoms with Crippen molar-refractivity contribution < 1.29 is 0 Å². The van der Waals surface area contributed by atoms with Crippen LogP contribution in [-0.2, 0) is 6.54 Å². The fourth-order valence-corrected chi connectivity index (χ4v) is 2.45. The number of benzene rings is 2. The van der Waals surface area contributed by atoms with Gasteiger partial charge in [0.25, 0.3) is 5.56 Å². The molecule has 112 valence electrons. The summed E-state index contributed by atoms with van der Waals surface area (Å²) in [4.78, 5) is 12.5. The molecule has 4 aromatic rings. The van der Waals surface area contributed by atoms with Crippen LogP contribution in [0.15, 0.2) is 65.6 Å². The van der Waals surface area contributed by atoms with E-state index in [1.807, 2.05) is 48.5 Å². The van der Waals surface area contributed by atoms with Crippen molar-refractivity contribution in [2.24, 2.45) is 0 Å². The maximum absolute atomic E-state index is 12.5. The summed E-state index contributed by atoms with van der Waals surface area (Å²) in [6, 6.07) is 16.9. The largest absolute Gasteiger partial charge is 0.275 e. The van der Waals surface area contributed by atoms with Crippen molar-refractivity contribution >= 4 is 10.8 Å². The molecule has 2 aromatic carbocycles. The van der Waals surface area contributed by atoms with Crippen LogP contribution in [0.4, 0.5) is 0 Å². The third kappa shape index (κ3) is 2.38. The molecular weight excluding hydrogens is 292 g/mol. The molecule has 0 aliphatic heterocycles. The van der Waals surface area contributed by atoms with Crippen LogP contribution in [0.25, 0.3) is 16.5 Å². The van der Waals surface area contributed by atoms with E-state index in [4.69, 9.17) is 0 Å². The van der Waals surface area contributed by atoms with E-state index in [1.54, 1.807) is 16.9 Å². The van der Waals surface area contributed by atoms with Crippen molar-refractivity contribution in [2.45, 2.75) is 6.54 Å². The van der Waals surface area contributed by atoms with Crippen LogP contribution in [0.5, 0.6) is 0 Å². The van der Waals surface area contributed by atoms with Gasteiger partial charge in [-0.2, -0.15) is 9.78 Å². The van der Waals surface area contributed by atoms with E-state index in [0.717, 1.165) is 11.1 Å². The van der Waals surface area contributed by atoms with Crippen LogP contribution < -0.4 is 5.56 Å². The number of rotatable bonds is 3. The van der Waals surface area contributed by atoms with Gasteiger partial charge in [0, 0.05) is 5.39 Å². The number of tetrazole rings is 1. The molecule has 0 unspecified atom stereocenters. The fraction of sp³-hybridized carbons (Fsp3) is 0.0625. The van der Waals surface area contributed by atoms with Gasteiger partial charge in [0.1, 0.15) is 6.54 Å². The number of para-hydroxylation sites is 1. The van der Waals surface area contributed by atoms with E-state index in [9.17, 15) is 4.79 Å². The maximum atomic E-state index is 12.5. The van der Waals surface area contributed by atoms with Crippen molar-refractivity contribution in [3.8, 4) is 5.69 Å². The van der Waals surface area contributed by atoms with Gasteiger partial charge in [-0.25, -0.2) is 4.68 Å². The molecule has 0 spiro atoms. The van der Waals surface area contributed by atoms with E-state index < -0.39 is 0 Å². The lowest BCUT2D eigenvalue weighted by Crippen LogP contribution is -2.24. The second kappa shape index (κ2) is 5.45. The molecule has 0 atom stereocenters. The van der Waals surface area contributed by atoms with Crippen molar-refractivity contribution in [3.63, 3.8) is 0 Å². The molecule has 4 rings (SSSR count). The van der Waals surface area contributed by atoms with Gasteiger partial charge in [-0.1, -0.05) is 36.4 Å². The summed E-state index contributed by atoms with van der Waals surface area (Å²) in [6.07, 6.45) is 1.67. The number of hydrogen-bond acceptors (Lipinski definition) is 5. The van der Waals surface area contributed by atoms with Gasteiger partial charge < -0.3 is 0 Å². The van der Waals surface area contributed by atoms with Crippen molar-refractivity contribution in [1.29, 1.82) is 0 Å². The molecule has 0 saturated carbocycles. The smallest absolute Gasteiger partial charge is 0.267 e. The van der Waals surface area contributed by atoms with Crippen LogP contribution in [0, 0.1) is 0 Å². The van der Waals surface area contributed by atoms with Crippen LogP contribution in [-0.4, -0.2) is 30.0 Å². The number of fused-ring (bicyclic) bond motifs is 1. The summed E-state index contributed by atoms with van der Waals surface area (Å²) in [5, 5.41) is 17.4. The van der Waals surface area contributed by atoms with Crippen molar-refractivity contribution in [3.05, 3.63) is 77.0 Å². The average Bonchev–Trinajstić information content (AvgIpc) is 3.07. The lowest BCUT2D eigenvalue weighted by Gasteiger charge is -2.06. The minimum atomic E-state index is -0.161. The third-order valence-electron chi connectivity index (χ3n) is 3.59. The normalized spacial score (nSPS) is 11.0. The molecule has 0 N–H and O–H groups in total. The van der Waals surface area contributed by atoms with Gasteiger partial charge in [0.05, 0.1) is 17.3 Å². The molecule has 7 nitrogen and oxygen atoms in total. The minimum Gasteiger partial charge on any atom is -0.267 e. The molecule has 7 heteroatoms. The second-order valence-electron chi connectivity index (χ2n) is 5.04. The number of aromatic nitrogens is 6. The highest BCUT2D eigenvalue weighted by molar-refractivity contribution is 5.80. The predicted molar refractivity (Wildman–Crippen MR) is 84.3 cm³/mol.